The van der Waals surface area contributed by atoms with Crippen LogP contribution in [-0.2, 0) is 0 Å². The topological polar surface area (TPSA) is 30.9 Å². The molecule has 136 valence electrons. The number of rotatable bonds is 7. The molecule has 1 rings (SSSR count). The Labute approximate surface area is 138 Å². The van der Waals surface area contributed by atoms with Gasteiger partial charge in [-0.1, -0.05) is 13.8 Å². The van der Waals surface area contributed by atoms with Crippen molar-refractivity contribution in [1.82, 2.24) is 15.1 Å². The number of hydrogen-bond acceptors (Lipinski definition) is 2. The zero-order valence-electron chi connectivity index (χ0n) is 14.6. The summed E-state index contributed by atoms with van der Waals surface area (Å²) in [6.45, 7) is 12.6. The molecule has 1 fully saturated rings. The molecule has 7 heteroatoms. The van der Waals surface area contributed by atoms with E-state index in [1.807, 2.05) is 6.92 Å². The lowest BCUT2D eigenvalue weighted by Gasteiger charge is -2.37. The summed E-state index contributed by atoms with van der Waals surface area (Å²) in [5.41, 5.74) is 0. The van der Waals surface area contributed by atoms with Gasteiger partial charge in [0.25, 0.3) is 0 Å². The van der Waals surface area contributed by atoms with Gasteiger partial charge in [0.1, 0.15) is 0 Å². The number of guanidine groups is 1. The van der Waals surface area contributed by atoms with E-state index >= 15 is 0 Å². The first-order valence-electron chi connectivity index (χ1n) is 8.64. The van der Waals surface area contributed by atoms with Crippen molar-refractivity contribution in [2.45, 2.75) is 46.2 Å². The molecule has 1 heterocycles. The average Bonchev–Trinajstić information content (AvgIpc) is 2.45. The van der Waals surface area contributed by atoms with Crippen LogP contribution in [0.5, 0.6) is 0 Å². The van der Waals surface area contributed by atoms with Gasteiger partial charge in [-0.2, -0.15) is 13.2 Å². The molecule has 0 aromatic heterocycles. The Hall–Kier alpha value is -0.980. The number of unbranched alkanes of at least 4 members (excludes halogenated alkanes) is 1. The van der Waals surface area contributed by atoms with E-state index in [2.05, 4.69) is 34.0 Å². The van der Waals surface area contributed by atoms with Crippen LogP contribution in [0.1, 0.15) is 40.0 Å². The lowest BCUT2D eigenvalue weighted by Crippen LogP contribution is -2.53. The molecule has 4 nitrogen and oxygen atoms in total. The molecule has 0 amide bonds. The molecule has 1 aliphatic rings. The molecule has 0 bridgehead atoms. The van der Waals surface area contributed by atoms with Gasteiger partial charge >= 0.3 is 6.18 Å². The molecule has 0 aromatic carbocycles. The summed E-state index contributed by atoms with van der Waals surface area (Å²) >= 11 is 0. The standard InChI is InChI=1S/C16H31F3N4/c1-4-20-15(21-8-6-5-7-16(17,18)19)23-11-9-22(10-12-23)13-14(2)3/h14H,4-13H2,1-3H3,(H,20,21). The summed E-state index contributed by atoms with van der Waals surface area (Å²) in [4.78, 5) is 9.15. The first-order chi connectivity index (χ1) is 10.8. The van der Waals surface area contributed by atoms with Crippen LogP contribution in [0.25, 0.3) is 0 Å². The first kappa shape index (κ1) is 20.1. The van der Waals surface area contributed by atoms with Crippen molar-refractivity contribution in [2.75, 3.05) is 45.8 Å². The van der Waals surface area contributed by atoms with Gasteiger partial charge in [-0.25, -0.2) is 0 Å². The summed E-state index contributed by atoms with van der Waals surface area (Å²) in [6.07, 6.45) is -4.15. The number of hydrogen-bond donors (Lipinski definition) is 1. The fourth-order valence-corrected chi connectivity index (χ4v) is 2.71. The maximum atomic E-state index is 12.1. The lowest BCUT2D eigenvalue weighted by atomic mass is 10.2. The van der Waals surface area contributed by atoms with Crippen molar-refractivity contribution in [3.05, 3.63) is 0 Å². The summed E-state index contributed by atoms with van der Waals surface area (Å²) in [5.74, 6) is 1.50. The van der Waals surface area contributed by atoms with Crippen LogP contribution in [0.2, 0.25) is 0 Å². The number of aliphatic imine (C=N–C) groups is 1. The Bertz CT molecular complexity index is 348. The maximum Gasteiger partial charge on any atom is 0.389 e. The van der Waals surface area contributed by atoms with E-state index in [1.165, 1.54) is 0 Å². The van der Waals surface area contributed by atoms with Gasteiger partial charge < -0.3 is 10.2 Å². The van der Waals surface area contributed by atoms with Gasteiger partial charge in [-0.05, 0) is 25.7 Å². The van der Waals surface area contributed by atoms with E-state index in [-0.39, 0.29) is 6.42 Å². The Kier molecular flexibility index (Phi) is 8.73. The summed E-state index contributed by atoms with van der Waals surface area (Å²) in [7, 11) is 0. The Morgan fingerprint density at radius 2 is 1.78 bits per heavy atom. The van der Waals surface area contributed by atoms with Crippen LogP contribution in [0, 0.1) is 5.92 Å². The number of nitrogens with zero attached hydrogens (tertiary/aromatic N) is 3. The van der Waals surface area contributed by atoms with Crippen molar-refractivity contribution < 1.29 is 13.2 Å². The highest BCUT2D eigenvalue weighted by Crippen LogP contribution is 2.22. The fraction of sp³-hybridized carbons (Fsp3) is 0.938. The van der Waals surface area contributed by atoms with E-state index < -0.39 is 12.6 Å². The molecule has 0 unspecified atom stereocenters. The van der Waals surface area contributed by atoms with Gasteiger partial charge in [0.15, 0.2) is 5.96 Å². The van der Waals surface area contributed by atoms with E-state index in [1.54, 1.807) is 0 Å². The highest BCUT2D eigenvalue weighted by atomic mass is 19.4. The minimum atomic E-state index is -4.05. The third-order valence-corrected chi connectivity index (χ3v) is 3.76. The van der Waals surface area contributed by atoms with Gasteiger partial charge in [0.05, 0.1) is 0 Å². The Morgan fingerprint density at radius 1 is 1.13 bits per heavy atom. The summed E-state index contributed by atoms with van der Waals surface area (Å²) in [5, 5.41) is 3.25. The molecule has 23 heavy (non-hydrogen) atoms. The SMILES string of the molecule is CCNC(=NCCCCC(F)(F)F)N1CCN(CC(C)C)CC1. The molecule has 0 saturated carbocycles. The molecule has 0 radical (unpaired) electrons. The van der Waals surface area contributed by atoms with Gasteiger partial charge in [0.2, 0.25) is 0 Å². The summed E-state index contributed by atoms with van der Waals surface area (Å²) in [6, 6.07) is 0. The van der Waals surface area contributed by atoms with Crippen LogP contribution in [-0.4, -0.2) is 67.7 Å². The number of alkyl halides is 3. The third-order valence-electron chi connectivity index (χ3n) is 3.76. The van der Waals surface area contributed by atoms with Gasteiger partial charge in [-0.3, -0.25) is 9.89 Å². The molecule has 1 saturated heterocycles. The Morgan fingerprint density at radius 3 is 2.30 bits per heavy atom. The van der Waals surface area contributed by atoms with Crippen molar-refractivity contribution in [3.63, 3.8) is 0 Å². The van der Waals surface area contributed by atoms with Crippen molar-refractivity contribution >= 4 is 5.96 Å². The molecule has 1 aliphatic heterocycles. The quantitative estimate of drug-likeness (QED) is 0.440. The molecule has 0 aromatic rings. The van der Waals surface area contributed by atoms with E-state index in [0.29, 0.717) is 18.9 Å². The second-order valence-corrected chi connectivity index (χ2v) is 6.49. The largest absolute Gasteiger partial charge is 0.389 e. The average molecular weight is 336 g/mol. The van der Waals surface area contributed by atoms with Gasteiger partial charge in [0, 0.05) is 52.2 Å². The number of nitrogens with one attached hydrogen (secondary N) is 1. The van der Waals surface area contributed by atoms with Crippen LogP contribution in [0.3, 0.4) is 0 Å². The zero-order valence-corrected chi connectivity index (χ0v) is 14.6. The predicted octanol–water partition coefficient (Wildman–Crippen LogP) is 2.96. The summed E-state index contributed by atoms with van der Waals surface area (Å²) < 4.78 is 36.4. The Balaban J connectivity index is 2.38. The maximum absolute atomic E-state index is 12.1. The fourth-order valence-electron chi connectivity index (χ4n) is 2.71. The molecule has 0 aliphatic carbocycles. The first-order valence-corrected chi connectivity index (χ1v) is 8.64. The third kappa shape index (κ3) is 9.03. The minimum Gasteiger partial charge on any atom is -0.357 e. The van der Waals surface area contributed by atoms with Crippen LogP contribution >= 0.6 is 0 Å². The molecule has 1 N–H and O–H groups in total. The lowest BCUT2D eigenvalue weighted by molar-refractivity contribution is -0.135. The van der Waals surface area contributed by atoms with Crippen LogP contribution in [0.15, 0.2) is 4.99 Å². The van der Waals surface area contributed by atoms with Crippen LogP contribution in [0.4, 0.5) is 13.2 Å². The highest BCUT2D eigenvalue weighted by Gasteiger charge is 2.25. The highest BCUT2D eigenvalue weighted by molar-refractivity contribution is 5.80. The van der Waals surface area contributed by atoms with E-state index in [0.717, 1.165) is 45.2 Å². The van der Waals surface area contributed by atoms with Crippen molar-refractivity contribution in [1.29, 1.82) is 0 Å². The van der Waals surface area contributed by atoms with Crippen LogP contribution < -0.4 is 5.32 Å². The van der Waals surface area contributed by atoms with E-state index in [9.17, 15) is 13.2 Å². The minimum absolute atomic E-state index is 0.147. The monoisotopic (exact) mass is 336 g/mol. The number of halogens is 3. The molecular weight excluding hydrogens is 305 g/mol. The zero-order chi connectivity index (χ0) is 17.3. The molecule has 0 spiro atoms. The second-order valence-electron chi connectivity index (χ2n) is 6.49. The number of piperazine rings is 1. The van der Waals surface area contributed by atoms with Crippen molar-refractivity contribution in [3.8, 4) is 0 Å². The predicted molar refractivity (Wildman–Crippen MR) is 88.7 cm³/mol. The molecule has 0 atom stereocenters. The molecular formula is C16H31F3N4. The second kappa shape index (κ2) is 10.0. The van der Waals surface area contributed by atoms with E-state index in [4.69, 9.17) is 0 Å². The normalized spacial score (nSPS) is 17.9. The van der Waals surface area contributed by atoms with Crippen molar-refractivity contribution in [2.24, 2.45) is 10.9 Å². The smallest absolute Gasteiger partial charge is 0.357 e. The van der Waals surface area contributed by atoms with Gasteiger partial charge in [-0.15, -0.1) is 0 Å².